The van der Waals surface area contributed by atoms with Gasteiger partial charge < -0.3 is 4.74 Å². The second kappa shape index (κ2) is 8.78. The van der Waals surface area contributed by atoms with E-state index >= 15 is 0 Å². The fourth-order valence-corrected chi connectivity index (χ4v) is 2.84. The monoisotopic (exact) mass is 402 g/mol. The molecule has 0 saturated carbocycles. The Kier molecular flexibility index (Phi) is 6.18. The van der Waals surface area contributed by atoms with Gasteiger partial charge in [-0.2, -0.15) is 8.78 Å². The number of fused-ring (bicyclic) bond motifs is 1. The highest BCUT2D eigenvalue weighted by Gasteiger charge is 2.16. The number of hydrogen-bond acceptors (Lipinski definition) is 1. The third kappa shape index (κ3) is 4.75. The highest BCUT2D eigenvalue weighted by Crippen LogP contribution is 2.25. The van der Waals surface area contributed by atoms with Gasteiger partial charge in [0.15, 0.2) is 17.4 Å². The summed E-state index contributed by atoms with van der Waals surface area (Å²) in [6.07, 6.45) is 3.41. The fraction of sp³-hybridized carbons (Fsp3) is 0.130. The summed E-state index contributed by atoms with van der Waals surface area (Å²) in [4.78, 5) is 0. The molecule has 3 aromatic rings. The van der Waals surface area contributed by atoms with Crippen molar-refractivity contribution in [2.24, 2.45) is 0 Å². The van der Waals surface area contributed by atoms with E-state index in [-0.39, 0.29) is 11.1 Å². The number of hydrogen-bond donors (Lipinski definition) is 0. The lowest BCUT2D eigenvalue weighted by Gasteiger charge is -2.07. The molecule has 29 heavy (non-hydrogen) atoms. The number of aryl methyl sites for hydroxylation is 1. The van der Waals surface area contributed by atoms with Crippen LogP contribution in [0.2, 0.25) is 0 Å². The lowest BCUT2D eigenvalue weighted by molar-refractivity contribution is -0.0546. The van der Waals surface area contributed by atoms with Crippen molar-refractivity contribution >= 4 is 10.8 Å². The van der Waals surface area contributed by atoms with Crippen molar-refractivity contribution in [3.8, 4) is 17.6 Å². The molecular formula is C23H15F5O. The number of halogens is 5. The van der Waals surface area contributed by atoms with E-state index in [1.54, 1.807) is 18.2 Å². The minimum Gasteiger partial charge on any atom is -0.429 e. The van der Waals surface area contributed by atoms with Crippen molar-refractivity contribution in [3.05, 3.63) is 89.3 Å². The van der Waals surface area contributed by atoms with Gasteiger partial charge >= 0.3 is 6.61 Å². The van der Waals surface area contributed by atoms with Crippen molar-refractivity contribution in [2.75, 3.05) is 0 Å². The molecule has 0 heterocycles. The first-order valence-electron chi connectivity index (χ1n) is 8.67. The summed E-state index contributed by atoms with van der Waals surface area (Å²) in [5.41, 5.74) is 0.957. The van der Waals surface area contributed by atoms with Crippen molar-refractivity contribution < 1.29 is 26.7 Å². The van der Waals surface area contributed by atoms with Gasteiger partial charge in [0.1, 0.15) is 5.82 Å². The standard InChI is InChI=1S/C23H15F5O/c1-2-3-4-14-6-10-18-17(11-14)9-8-16(21(18)26)7-5-15-12-19(24)22(20(25)13-15)29-23(27)28/h2,6,8-13,23H,1,3-4H2. The molecule has 0 fully saturated rings. The zero-order chi connectivity index (χ0) is 21.0. The summed E-state index contributed by atoms with van der Waals surface area (Å²) < 4.78 is 70.4. The van der Waals surface area contributed by atoms with Gasteiger partial charge in [0.2, 0.25) is 0 Å². The number of rotatable bonds is 5. The van der Waals surface area contributed by atoms with Gasteiger partial charge in [0.05, 0.1) is 5.56 Å². The maximum Gasteiger partial charge on any atom is 0.387 e. The van der Waals surface area contributed by atoms with Crippen LogP contribution in [0.15, 0.2) is 55.1 Å². The molecular weight excluding hydrogens is 387 g/mol. The van der Waals surface area contributed by atoms with Crippen LogP contribution in [0.3, 0.4) is 0 Å². The third-order valence-corrected chi connectivity index (χ3v) is 4.20. The van der Waals surface area contributed by atoms with Crippen LogP contribution in [0.4, 0.5) is 22.0 Å². The van der Waals surface area contributed by atoms with Gasteiger partial charge in [-0.25, -0.2) is 13.2 Å². The molecule has 3 rings (SSSR count). The quantitative estimate of drug-likeness (QED) is 0.273. The molecule has 3 aromatic carbocycles. The minimum atomic E-state index is -3.36. The number of ether oxygens (including phenoxy) is 1. The van der Waals surface area contributed by atoms with Crippen molar-refractivity contribution in [2.45, 2.75) is 19.5 Å². The SMILES string of the molecule is C=CCCc1ccc2c(F)c(C#Cc3cc(F)c(OC(F)F)c(F)c3)ccc2c1. The van der Waals surface area contributed by atoms with Crippen LogP contribution in [0.1, 0.15) is 23.1 Å². The molecule has 0 aliphatic rings. The largest absolute Gasteiger partial charge is 0.429 e. The van der Waals surface area contributed by atoms with Crippen LogP contribution in [-0.2, 0) is 6.42 Å². The van der Waals surface area contributed by atoms with E-state index in [9.17, 15) is 22.0 Å². The van der Waals surface area contributed by atoms with Gasteiger partial charge in [-0.3, -0.25) is 0 Å². The molecule has 0 spiro atoms. The molecule has 1 nitrogen and oxygen atoms in total. The van der Waals surface area contributed by atoms with E-state index in [0.717, 1.165) is 30.5 Å². The highest BCUT2D eigenvalue weighted by molar-refractivity contribution is 5.85. The zero-order valence-corrected chi connectivity index (χ0v) is 15.1. The Morgan fingerprint density at radius 2 is 1.69 bits per heavy atom. The summed E-state index contributed by atoms with van der Waals surface area (Å²) >= 11 is 0. The molecule has 0 unspecified atom stereocenters. The van der Waals surface area contributed by atoms with Crippen LogP contribution in [0.25, 0.3) is 10.8 Å². The Morgan fingerprint density at radius 3 is 2.34 bits per heavy atom. The van der Waals surface area contributed by atoms with E-state index in [4.69, 9.17) is 0 Å². The van der Waals surface area contributed by atoms with E-state index < -0.39 is 29.8 Å². The van der Waals surface area contributed by atoms with E-state index in [1.807, 2.05) is 12.1 Å². The molecule has 148 valence electrons. The first-order chi connectivity index (χ1) is 13.9. The number of alkyl halides is 2. The van der Waals surface area contributed by atoms with Gasteiger partial charge in [0, 0.05) is 10.9 Å². The summed E-state index contributed by atoms with van der Waals surface area (Å²) in [7, 11) is 0. The molecule has 6 heteroatoms. The minimum absolute atomic E-state index is 0.0464. The van der Waals surface area contributed by atoms with Crippen LogP contribution < -0.4 is 4.74 Å². The Bertz CT molecular complexity index is 1100. The summed E-state index contributed by atoms with van der Waals surface area (Å²) in [6.45, 7) is 0.314. The van der Waals surface area contributed by atoms with Gasteiger partial charge in [0.25, 0.3) is 0 Å². The van der Waals surface area contributed by atoms with Gasteiger partial charge in [-0.1, -0.05) is 42.2 Å². The topological polar surface area (TPSA) is 9.23 Å². The third-order valence-electron chi connectivity index (χ3n) is 4.20. The smallest absolute Gasteiger partial charge is 0.387 e. The first kappa shape index (κ1) is 20.4. The zero-order valence-electron chi connectivity index (χ0n) is 15.1. The molecule has 0 saturated heterocycles. The van der Waals surface area contributed by atoms with Crippen molar-refractivity contribution in [1.29, 1.82) is 0 Å². The second-order valence-electron chi connectivity index (χ2n) is 6.21. The van der Waals surface area contributed by atoms with Crippen molar-refractivity contribution in [3.63, 3.8) is 0 Å². The molecule has 0 radical (unpaired) electrons. The number of allylic oxidation sites excluding steroid dienone is 1. The Labute approximate surface area is 164 Å². The Morgan fingerprint density at radius 1 is 0.966 bits per heavy atom. The van der Waals surface area contributed by atoms with Gasteiger partial charge in [-0.15, -0.1) is 6.58 Å². The molecule has 0 aliphatic heterocycles. The molecule has 0 amide bonds. The summed E-state index contributed by atoms with van der Waals surface area (Å²) in [5, 5.41) is 1.08. The lowest BCUT2D eigenvalue weighted by atomic mass is 10.0. The van der Waals surface area contributed by atoms with Crippen LogP contribution in [0.5, 0.6) is 5.75 Å². The summed E-state index contributed by atoms with van der Waals surface area (Å²) in [5.74, 6) is 0.593. The van der Waals surface area contributed by atoms with Crippen LogP contribution in [-0.4, -0.2) is 6.61 Å². The van der Waals surface area contributed by atoms with Crippen LogP contribution in [0, 0.1) is 29.3 Å². The second-order valence-corrected chi connectivity index (χ2v) is 6.21. The molecule has 0 bridgehead atoms. The Hall–Kier alpha value is -3.33. The van der Waals surface area contributed by atoms with Crippen molar-refractivity contribution in [1.82, 2.24) is 0 Å². The first-order valence-corrected chi connectivity index (χ1v) is 8.67. The predicted molar refractivity (Wildman–Crippen MR) is 101 cm³/mol. The summed E-state index contributed by atoms with van der Waals surface area (Å²) in [6, 6.07) is 10.0. The fourth-order valence-electron chi connectivity index (χ4n) is 2.84. The van der Waals surface area contributed by atoms with E-state index in [0.29, 0.717) is 10.8 Å². The normalized spacial score (nSPS) is 10.7. The maximum absolute atomic E-state index is 14.8. The Balaban J connectivity index is 1.92. The van der Waals surface area contributed by atoms with Gasteiger partial charge in [-0.05, 0) is 42.0 Å². The predicted octanol–water partition coefficient (Wildman–Crippen LogP) is 6.38. The van der Waals surface area contributed by atoms with E-state index in [2.05, 4.69) is 23.2 Å². The lowest BCUT2D eigenvalue weighted by Crippen LogP contribution is -2.06. The highest BCUT2D eigenvalue weighted by atomic mass is 19.3. The maximum atomic E-state index is 14.8. The van der Waals surface area contributed by atoms with E-state index in [1.165, 1.54) is 6.07 Å². The van der Waals surface area contributed by atoms with Crippen LogP contribution >= 0.6 is 0 Å². The average Bonchev–Trinajstić information content (AvgIpc) is 2.68. The molecule has 0 N–H and O–H groups in total. The molecule has 0 aliphatic carbocycles. The number of benzene rings is 3. The average molecular weight is 402 g/mol. The molecule has 0 aromatic heterocycles. The molecule has 0 atom stereocenters.